The highest BCUT2D eigenvalue weighted by atomic mass is 32.2. The molecule has 3 aromatic rings. The summed E-state index contributed by atoms with van der Waals surface area (Å²) in [5, 5.41) is 13.0. The van der Waals surface area contributed by atoms with E-state index in [9.17, 15) is 18.1 Å². The summed E-state index contributed by atoms with van der Waals surface area (Å²) in [7, 11) is -4.03. The van der Waals surface area contributed by atoms with E-state index in [1.807, 2.05) is 31.2 Å². The number of halogens is 1. The highest BCUT2D eigenvalue weighted by molar-refractivity contribution is 8.04. The van der Waals surface area contributed by atoms with Gasteiger partial charge in [0.2, 0.25) is 9.84 Å². The third kappa shape index (κ3) is 5.29. The summed E-state index contributed by atoms with van der Waals surface area (Å²) in [6, 6.07) is 23.2. The molecule has 7 heteroatoms. The number of hydrogen-bond acceptors (Lipinski definition) is 5. The predicted octanol–water partition coefficient (Wildman–Crippen LogP) is 5.65. The van der Waals surface area contributed by atoms with Crippen molar-refractivity contribution >= 4 is 27.3 Å². The maximum atomic E-state index is 13.5. The molecule has 1 N–H and O–H groups in total. The Balaban J connectivity index is 2.04. The average molecular weight is 439 g/mol. The molecule has 0 fully saturated rings. The first-order valence-electron chi connectivity index (χ1n) is 9.05. The molecule has 0 amide bonds. The second kappa shape index (κ2) is 9.61. The third-order valence-electron chi connectivity index (χ3n) is 4.18. The minimum atomic E-state index is -4.03. The van der Waals surface area contributed by atoms with Crippen LogP contribution in [0.15, 0.2) is 93.7 Å². The lowest BCUT2D eigenvalue weighted by Gasteiger charge is -2.14. The van der Waals surface area contributed by atoms with E-state index in [2.05, 4.69) is 5.32 Å². The van der Waals surface area contributed by atoms with Crippen LogP contribution in [-0.2, 0) is 15.6 Å². The van der Waals surface area contributed by atoms with Crippen molar-refractivity contribution in [1.29, 1.82) is 5.26 Å². The van der Waals surface area contributed by atoms with Gasteiger partial charge in [-0.15, -0.1) is 11.8 Å². The Labute approximate surface area is 180 Å². The molecule has 0 spiro atoms. The van der Waals surface area contributed by atoms with Crippen LogP contribution < -0.4 is 5.32 Å². The molecule has 152 valence electrons. The van der Waals surface area contributed by atoms with Crippen molar-refractivity contribution in [1.82, 2.24) is 0 Å². The van der Waals surface area contributed by atoms with Crippen LogP contribution in [0.1, 0.15) is 11.1 Å². The molecule has 0 aliphatic rings. The topological polar surface area (TPSA) is 70.0 Å². The molecule has 0 heterocycles. The third-order valence-corrected chi connectivity index (χ3v) is 7.11. The van der Waals surface area contributed by atoms with E-state index < -0.39 is 9.84 Å². The number of hydrogen-bond donors (Lipinski definition) is 1. The Morgan fingerprint density at radius 3 is 2.43 bits per heavy atom. The van der Waals surface area contributed by atoms with Crippen molar-refractivity contribution in [2.45, 2.75) is 17.6 Å². The molecule has 0 aromatic heterocycles. The average Bonchev–Trinajstić information content (AvgIpc) is 2.73. The standard InChI is InChI=1S/C23H19FN2O2S2/c1-17-7-5-10-20(13-17)26-23(29-16-18-8-6-9-19(24)14-18)22(15-25)30(27,28)21-11-3-2-4-12-21/h2-14,26H,16H2,1H3. The second-order valence-corrected chi connectivity index (χ2v) is 9.37. The number of sulfone groups is 1. The van der Waals surface area contributed by atoms with Gasteiger partial charge < -0.3 is 5.32 Å². The van der Waals surface area contributed by atoms with Crippen LogP contribution in [0.5, 0.6) is 0 Å². The first kappa shape index (κ1) is 21.6. The van der Waals surface area contributed by atoms with Gasteiger partial charge in [-0.3, -0.25) is 0 Å². The highest BCUT2D eigenvalue weighted by Crippen LogP contribution is 2.31. The van der Waals surface area contributed by atoms with Crippen LogP contribution in [-0.4, -0.2) is 8.42 Å². The van der Waals surface area contributed by atoms with Crippen LogP contribution >= 0.6 is 11.8 Å². The number of nitriles is 1. The molecule has 0 saturated carbocycles. The minimum Gasteiger partial charge on any atom is -0.349 e. The molecule has 0 saturated heterocycles. The number of benzene rings is 3. The van der Waals surface area contributed by atoms with Gasteiger partial charge in [-0.25, -0.2) is 12.8 Å². The van der Waals surface area contributed by atoms with Gasteiger partial charge >= 0.3 is 0 Å². The van der Waals surface area contributed by atoms with Crippen LogP contribution in [0.2, 0.25) is 0 Å². The number of nitrogens with zero attached hydrogens (tertiary/aromatic N) is 1. The zero-order chi connectivity index (χ0) is 21.6. The van der Waals surface area contributed by atoms with E-state index in [1.165, 1.54) is 24.3 Å². The molecule has 0 aliphatic carbocycles. The molecular formula is C23H19FN2O2S2. The highest BCUT2D eigenvalue weighted by Gasteiger charge is 2.25. The van der Waals surface area contributed by atoms with Crippen molar-refractivity contribution in [3.8, 4) is 6.07 Å². The molecule has 0 unspecified atom stereocenters. The number of rotatable bonds is 7. The Hall–Kier alpha value is -3.08. The van der Waals surface area contributed by atoms with Gasteiger partial charge in [-0.2, -0.15) is 5.26 Å². The molecule has 3 aromatic carbocycles. The van der Waals surface area contributed by atoms with Gasteiger partial charge in [0.1, 0.15) is 16.9 Å². The Bertz CT molecular complexity index is 1220. The van der Waals surface area contributed by atoms with Crippen molar-refractivity contribution in [2.24, 2.45) is 0 Å². The summed E-state index contributed by atoms with van der Waals surface area (Å²) in [5.74, 6) is -0.0795. The van der Waals surface area contributed by atoms with E-state index in [4.69, 9.17) is 0 Å². The molecular weight excluding hydrogens is 419 g/mol. The first-order chi connectivity index (χ1) is 14.4. The van der Waals surface area contributed by atoms with Gasteiger partial charge in [-0.1, -0.05) is 42.5 Å². The summed E-state index contributed by atoms with van der Waals surface area (Å²) in [6.07, 6.45) is 0. The number of aryl methyl sites for hydroxylation is 1. The van der Waals surface area contributed by atoms with Crippen LogP contribution in [0.25, 0.3) is 0 Å². The van der Waals surface area contributed by atoms with Crippen LogP contribution in [0.4, 0.5) is 10.1 Å². The zero-order valence-electron chi connectivity index (χ0n) is 16.2. The summed E-state index contributed by atoms with van der Waals surface area (Å²) >= 11 is 1.14. The Kier molecular flexibility index (Phi) is 6.93. The minimum absolute atomic E-state index is 0.0384. The predicted molar refractivity (Wildman–Crippen MR) is 119 cm³/mol. The van der Waals surface area contributed by atoms with Gasteiger partial charge in [0.05, 0.1) is 4.90 Å². The SMILES string of the molecule is Cc1cccc(NC(SCc2cccc(F)c2)=C(C#N)S(=O)(=O)c2ccccc2)c1. The number of anilines is 1. The van der Waals surface area contributed by atoms with E-state index >= 15 is 0 Å². The molecule has 4 nitrogen and oxygen atoms in total. The molecule has 30 heavy (non-hydrogen) atoms. The first-order valence-corrected chi connectivity index (χ1v) is 11.5. The van der Waals surface area contributed by atoms with E-state index in [-0.39, 0.29) is 20.6 Å². The Morgan fingerprint density at radius 1 is 1.03 bits per heavy atom. The molecule has 0 aliphatic heterocycles. The largest absolute Gasteiger partial charge is 0.349 e. The van der Waals surface area contributed by atoms with Crippen LogP contribution in [0.3, 0.4) is 0 Å². The maximum Gasteiger partial charge on any atom is 0.219 e. The van der Waals surface area contributed by atoms with E-state index in [1.54, 1.807) is 36.4 Å². The summed E-state index contributed by atoms with van der Waals surface area (Å²) in [5.41, 5.74) is 2.32. The molecule has 0 bridgehead atoms. The van der Waals surface area contributed by atoms with Crippen molar-refractivity contribution in [3.63, 3.8) is 0 Å². The normalized spacial score (nSPS) is 12.0. The number of thioether (sulfide) groups is 1. The fourth-order valence-electron chi connectivity index (χ4n) is 2.74. The summed E-state index contributed by atoms with van der Waals surface area (Å²) < 4.78 is 39.8. The lowest BCUT2D eigenvalue weighted by molar-refractivity contribution is 0.603. The summed E-state index contributed by atoms with van der Waals surface area (Å²) in [6.45, 7) is 1.92. The van der Waals surface area contributed by atoms with E-state index in [0.29, 0.717) is 17.0 Å². The number of allylic oxidation sites excluding steroid dienone is 1. The smallest absolute Gasteiger partial charge is 0.219 e. The monoisotopic (exact) mass is 438 g/mol. The van der Waals surface area contributed by atoms with Gasteiger partial charge in [-0.05, 0) is 54.4 Å². The summed E-state index contributed by atoms with van der Waals surface area (Å²) in [4.78, 5) is -0.340. The Morgan fingerprint density at radius 2 is 1.77 bits per heavy atom. The van der Waals surface area contributed by atoms with Crippen LogP contribution in [0, 0.1) is 24.1 Å². The molecule has 0 atom stereocenters. The lowest BCUT2D eigenvalue weighted by Crippen LogP contribution is -2.10. The van der Waals surface area contributed by atoms with Gasteiger partial charge in [0, 0.05) is 11.4 Å². The second-order valence-electron chi connectivity index (χ2n) is 6.50. The zero-order valence-corrected chi connectivity index (χ0v) is 17.8. The maximum absolute atomic E-state index is 13.5. The fourth-order valence-corrected chi connectivity index (χ4v) is 5.27. The quantitative estimate of drug-likeness (QED) is 0.483. The van der Waals surface area contributed by atoms with Crippen molar-refractivity contribution < 1.29 is 12.8 Å². The van der Waals surface area contributed by atoms with Gasteiger partial charge in [0.25, 0.3) is 0 Å². The number of nitrogens with one attached hydrogen (secondary N) is 1. The fraction of sp³-hybridized carbons (Fsp3) is 0.0870. The lowest BCUT2D eigenvalue weighted by atomic mass is 10.2. The van der Waals surface area contributed by atoms with Gasteiger partial charge in [0.15, 0.2) is 4.91 Å². The van der Waals surface area contributed by atoms with Crippen molar-refractivity contribution in [2.75, 3.05) is 5.32 Å². The molecule has 3 rings (SSSR count). The van der Waals surface area contributed by atoms with Crippen molar-refractivity contribution in [3.05, 3.63) is 106 Å². The van der Waals surface area contributed by atoms with E-state index in [0.717, 1.165) is 17.3 Å². The molecule has 0 radical (unpaired) electrons.